The number of hydrogen-bond donors (Lipinski definition) is 3. The van der Waals surface area contributed by atoms with Crippen molar-refractivity contribution in [3.63, 3.8) is 0 Å². The van der Waals surface area contributed by atoms with Crippen LogP contribution in [0.3, 0.4) is 0 Å². The fraction of sp³-hybridized carbons (Fsp3) is 0.444. The van der Waals surface area contributed by atoms with E-state index in [0.29, 0.717) is 19.4 Å². The quantitative estimate of drug-likeness (QED) is 0.476. The van der Waals surface area contributed by atoms with E-state index in [0.717, 1.165) is 35.1 Å². The molecule has 2 amide bonds. The predicted molar refractivity (Wildman–Crippen MR) is 130 cm³/mol. The first-order chi connectivity index (χ1) is 17.0. The molecule has 0 aromatic heterocycles. The maximum absolute atomic E-state index is 12.8. The summed E-state index contributed by atoms with van der Waals surface area (Å²) >= 11 is 0. The van der Waals surface area contributed by atoms with Gasteiger partial charge in [-0.05, 0) is 35.1 Å². The molecule has 1 heterocycles. The van der Waals surface area contributed by atoms with Gasteiger partial charge < -0.3 is 25.2 Å². The third-order valence-corrected chi connectivity index (χ3v) is 6.67. The Balaban J connectivity index is 1.34. The molecule has 8 nitrogen and oxygen atoms in total. The van der Waals surface area contributed by atoms with Gasteiger partial charge in [-0.25, -0.2) is 4.79 Å². The highest BCUT2D eigenvalue weighted by atomic mass is 16.6. The second kappa shape index (κ2) is 11.4. The van der Waals surface area contributed by atoms with Crippen LogP contribution >= 0.6 is 0 Å². The van der Waals surface area contributed by atoms with Gasteiger partial charge >= 0.3 is 12.1 Å². The summed E-state index contributed by atoms with van der Waals surface area (Å²) in [6.07, 6.45) is 1.13. The number of ether oxygens (including phenoxy) is 2. The van der Waals surface area contributed by atoms with Crippen LogP contribution in [0.2, 0.25) is 0 Å². The van der Waals surface area contributed by atoms with E-state index in [1.54, 1.807) is 0 Å². The number of carboxylic acids is 1. The van der Waals surface area contributed by atoms with Gasteiger partial charge in [0.25, 0.3) is 5.91 Å². The SMILES string of the molecule is CCCC[C@@H](CC(=O)O)NC(=O)C1OCCC1NC(=O)OCC1c2ccccc2-c2ccccc21. The molecule has 2 unspecified atom stereocenters. The van der Waals surface area contributed by atoms with Crippen molar-refractivity contribution in [2.45, 2.75) is 63.1 Å². The average molecular weight is 481 g/mol. The van der Waals surface area contributed by atoms with E-state index in [9.17, 15) is 14.4 Å². The van der Waals surface area contributed by atoms with Crippen molar-refractivity contribution in [1.82, 2.24) is 10.6 Å². The van der Waals surface area contributed by atoms with E-state index in [-0.39, 0.29) is 18.9 Å². The highest BCUT2D eigenvalue weighted by Crippen LogP contribution is 2.44. The minimum Gasteiger partial charge on any atom is -0.481 e. The second-order valence-electron chi connectivity index (χ2n) is 9.10. The number of alkyl carbamates (subject to hydrolysis) is 1. The Morgan fingerprint density at radius 2 is 1.74 bits per heavy atom. The number of benzene rings is 2. The fourth-order valence-corrected chi connectivity index (χ4v) is 4.96. The van der Waals surface area contributed by atoms with Gasteiger partial charge in [-0.1, -0.05) is 68.3 Å². The molecule has 8 heteroatoms. The number of fused-ring (bicyclic) bond motifs is 3. The Labute approximate surface area is 205 Å². The van der Waals surface area contributed by atoms with Gasteiger partial charge in [0.15, 0.2) is 6.10 Å². The van der Waals surface area contributed by atoms with E-state index in [4.69, 9.17) is 14.6 Å². The monoisotopic (exact) mass is 480 g/mol. The number of rotatable bonds is 10. The minimum absolute atomic E-state index is 0.0533. The molecule has 0 radical (unpaired) electrons. The number of carbonyl (C=O) groups excluding carboxylic acids is 2. The molecule has 0 saturated carbocycles. The zero-order valence-corrected chi connectivity index (χ0v) is 19.9. The number of nitrogens with one attached hydrogen (secondary N) is 2. The Hall–Kier alpha value is -3.39. The predicted octanol–water partition coefficient (Wildman–Crippen LogP) is 3.83. The van der Waals surface area contributed by atoms with Crippen LogP contribution in [0.25, 0.3) is 11.1 Å². The summed E-state index contributed by atoms with van der Waals surface area (Å²) in [7, 11) is 0. The number of amides is 2. The maximum Gasteiger partial charge on any atom is 0.407 e. The van der Waals surface area contributed by atoms with E-state index < -0.39 is 36.2 Å². The zero-order valence-electron chi connectivity index (χ0n) is 19.9. The molecule has 1 saturated heterocycles. The van der Waals surface area contributed by atoms with Crippen LogP contribution in [0.1, 0.15) is 56.1 Å². The Morgan fingerprint density at radius 3 is 2.37 bits per heavy atom. The summed E-state index contributed by atoms with van der Waals surface area (Å²) in [5.41, 5.74) is 4.55. The van der Waals surface area contributed by atoms with Crippen LogP contribution in [0.5, 0.6) is 0 Å². The van der Waals surface area contributed by atoms with Crippen molar-refractivity contribution in [2.24, 2.45) is 0 Å². The van der Waals surface area contributed by atoms with E-state index in [1.165, 1.54) is 0 Å². The van der Waals surface area contributed by atoms with Crippen molar-refractivity contribution in [1.29, 1.82) is 0 Å². The smallest absolute Gasteiger partial charge is 0.407 e. The summed E-state index contributed by atoms with van der Waals surface area (Å²) < 4.78 is 11.2. The molecule has 2 aliphatic rings. The number of unbranched alkanes of at least 4 members (excludes halogenated alkanes) is 1. The summed E-state index contributed by atoms with van der Waals surface area (Å²) in [6, 6.07) is 15.2. The molecule has 1 aliphatic heterocycles. The van der Waals surface area contributed by atoms with Gasteiger partial charge in [-0.15, -0.1) is 0 Å². The number of carbonyl (C=O) groups is 3. The molecule has 35 heavy (non-hydrogen) atoms. The third kappa shape index (κ3) is 5.82. The molecule has 0 spiro atoms. The zero-order chi connectivity index (χ0) is 24.8. The molecular weight excluding hydrogens is 448 g/mol. The van der Waals surface area contributed by atoms with Crippen LogP contribution in [0, 0.1) is 0 Å². The molecule has 1 fully saturated rings. The van der Waals surface area contributed by atoms with Gasteiger partial charge in [-0.2, -0.15) is 0 Å². The first-order valence-electron chi connectivity index (χ1n) is 12.2. The number of aliphatic carboxylic acids is 1. The Kier molecular flexibility index (Phi) is 8.02. The normalized spacial score (nSPS) is 19.5. The Bertz CT molecular complexity index is 1030. The highest BCUT2D eigenvalue weighted by Gasteiger charge is 2.37. The maximum atomic E-state index is 12.8. The van der Waals surface area contributed by atoms with Crippen molar-refractivity contribution >= 4 is 18.0 Å². The number of hydrogen-bond acceptors (Lipinski definition) is 5. The van der Waals surface area contributed by atoms with E-state index in [1.807, 2.05) is 31.2 Å². The van der Waals surface area contributed by atoms with Gasteiger partial charge in [0.1, 0.15) is 6.61 Å². The van der Waals surface area contributed by atoms with Gasteiger partial charge in [0.2, 0.25) is 0 Å². The molecule has 186 valence electrons. The lowest BCUT2D eigenvalue weighted by Gasteiger charge is -2.23. The molecule has 2 aromatic carbocycles. The van der Waals surface area contributed by atoms with Crippen molar-refractivity contribution < 1.29 is 29.0 Å². The minimum atomic E-state index is -0.966. The molecule has 4 rings (SSSR count). The lowest BCUT2D eigenvalue weighted by Crippen LogP contribution is -2.51. The van der Waals surface area contributed by atoms with Crippen molar-refractivity contribution in [3.05, 3.63) is 59.7 Å². The van der Waals surface area contributed by atoms with Crippen LogP contribution in [-0.4, -0.2) is 54.5 Å². The molecule has 1 aliphatic carbocycles. The van der Waals surface area contributed by atoms with Crippen LogP contribution in [0.4, 0.5) is 4.79 Å². The summed E-state index contributed by atoms with van der Waals surface area (Å²) in [5.74, 6) is -1.43. The third-order valence-electron chi connectivity index (χ3n) is 6.67. The second-order valence-corrected chi connectivity index (χ2v) is 9.10. The lowest BCUT2D eigenvalue weighted by atomic mass is 9.98. The molecule has 2 aromatic rings. The van der Waals surface area contributed by atoms with Gasteiger partial charge in [0.05, 0.1) is 12.5 Å². The van der Waals surface area contributed by atoms with E-state index in [2.05, 4.69) is 34.9 Å². The molecular formula is C27H32N2O6. The molecule has 3 N–H and O–H groups in total. The Morgan fingerprint density at radius 1 is 1.09 bits per heavy atom. The fourth-order valence-electron chi connectivity index (χ4n) is 4.96. The first kappa shape index (κ1) is 24.7. The molecule has 3 atom stereocenters. The summed E-state index contributed by atoms with van der Waals surface area (Å²) in [5, 5.41) is 14.7. The molecule has 0 bridgehead atoms. The van der Waals surface area contributed by atoms with Crippen molar-refractivity contribution in [3.8, 4) is 11.1 Å². The summed E-state index contributed by atoms with van der Waals surface area (Å²) in [4.78, 5) is 36.6. The largest absolute Gasteiger partial charge is 0.481 e. The van der Waals surface area contributed by atoms with E-state index >= 15 is 0 Å². The van der Waals surface area contributed by atoms with Gasteiger partial charge in [0, 0.05) is 18.6 Å². The van der Waals surface area contributed by atoms with Crippen molar-refractivity contribution in [2.75, 3.05) is 13.2 Å². The standard InChI is InChI=1S/C27H32N2O6/c1-2-3-8-17(15-24(30)31)28-26(32)25-23(13-14-34-25)29-27(33)35-16-22-20-11-6-4-9-18(20)19-10-5-7-12-21(19)22/h4-7,9-12,17,22-23,25H,2-3,8,13-16H2,1H3,(H,28,32)(H,29,33)(H,30,31)/t17-,23?,25?/m0/s1. The van der Waals surface area contributed by atoms with Crippen LogP contribution in [-0.2, 0) is 19.1 Å². The van der Waals surface area contributed by atoms with Gasteiger partial charge in [-0.3, -0.25) is 9.59 Å². The topological polar surface area (TPSA) is 114 Å². The first-order valence-corrected chi connectivity index (χ1v) is 12.2. The average Bonchev–Trinajstić information content (AvgIpc) is 3.43. The van der Waals surface area contributed by atoms with Crippen LogP contribution in [0.15, 0.2) is 48.5 Å². The lowest BCUT2D eigenvalue weighted by molar-refractivity contribution is -0.138. The number of carboxylic acid groups (broad SMARTS) is 1. The highest BCUT2D eigenvalue weighted by molar-refractivity contribution is 5.84. The van der Waals surface area contributed by atoms with Crippen LogP contribution < -0.4 is 10.6 Å². The summed E-state index contributed by atoms with van der Waals surface area (Å²) in [6.45, 7) is 2.51.